The number of nitrogens with zero attached hydrogens (tertiary/aromatic N) is 8. The summed E-state index contributed by atoms with van der Waals surface area (Å²) < 4.78 is 47.9. The summed E-state index contributed by atoms with van der Waals surface area (Å²) in [6, 6.07) is 5.64. The van der Waals surface area contributed by atoms with Crippen molar-refractivity contribution in [1.82, 2.24) is 39.1 Å². The monoisotopic (exact) mass is 519 g/mol. The second-order valence-electron chi connectivity index (χ2n) is 9.32. The van der Waals surface area contributed by atoms with E-state index in [0.717, 1.165) is 35.9 Å². The molecule has 5 aromatic rings. The molecule has 5 heterocycles. The SMILES string of the molecule is COc1ncnc(C2CC2)c1-c1nc(NCc2ccc3c(c2)Cn2cc(C(F)(F)F)nc2-3)c2nccn2n1. The molecule has 192 valence electrons. The minimum atomic E-state index is -4.47. The van der Waals surface area contributed by atoms with Gasteiger partial charge in [-0.25, -0.2) is 29.4 Å². The molecule has 0 amide bonds. The second kappa shape index (κ2) is 8.23. The highest BCUT2D eigenvalue weighted by Gasteiger charge is 2.36. The van der Waals surface area contributed by atoms with Crippen LogP contribution in [-0.4, -0.2) is 46.2 Å². The van der Waals surface area contributed by atoms with Gasteiger partial charge >= 0.3 is 6.18 Å². The molecule has 0 unspecified atom stereocenters. The predicted molar refractivity (Wildman–Crippen MR) is 129 cm³/mol. The van der Waals surface area contributed by atoms with Gasteiger partial charge in [0.05, 0.1) is 12.8 Å². The summed E-state index contributed by atoms with van der Waals surface area (Å²) in [7, 11) is 1.56. The van der Waals surface area contributed by atoms with E-state index in [9.17, 15) is 13.2 Å². The van der Waals surface area contributed by atoms with Crippen LogP contribution in [0.3, 0.4) is 0 Å². The van der Waals surface area contributed by atoms with E-state index in [1.165, 1.54) is 10.9 Å². The number of fused-ring (bicyclic) bond motifs is 4. The molecule has 0 spiro atoms. The standard InChI is InChI=1S/C25H20F3N9O/c1-38-24-18(19(14-3-4-14)31-12-32-24)20-34-21(23-29-6-7-37(23)35-20)30-9-13-2-5-16-15(8-13)10-36-11-17(25(26,27)28)33-22(16)36/h2,5-8,11-12,14H,3-4,9-10H2,1H3,(H,30,34,35). The zero-order valence-electron chi connectivity index (χ0n) is 20.1. The molecule has 1 aromatic carbocycles. The molecule has 1 saturated carbocycles. The molecule has 10 nitrogen and oxygen atoms in total. The van der Waals surface area contributed by atoms with Crippen molar-refractivity contribution in [3.63, 3.8) is 0 Å². The third-order valence-electron chi connectivity index (χ3n) is 6.75. The molecular formula is C25H20F3N9O. The van der Waals surface area contributed by atoms with Crippen molar-refractivity contribution in [1.29, 1.82) is 0 Å². The van der Waals surface area contributed by atoms with Gasteiger partial charge < -0.3 is 14.6 Å². The Morgan fingerprint density at radius 1 is 1.13 bits per heavy atom. The molecule has 0 saturated heterocycles. The van der Waals surface area contributed by atoms with Crippen LogP contribution in [0.25, 0.3) is 28.4 Å². The number of hydrogen-bond donors (Lipinski definition) is 1. The molecule has 38 heavy (non-hydrogen) atoms. The smallest absolute Gasteiger partial charge is 0.434 e. The first-order valence-corrected chi connectivity index (χ1v) is 12.0. The lowest BCUT2D eigenvalue weighted by Gasteiger charge is -2.13. The van der Waals surface area contributed by atoms with Gasteiger partial charge in [-0.2, -0.15) is 13.2 Å². The third-order valence-corrected chi connectivity index (χ3v) is 6.75. The summed E-state index contributed by atoms with van der Waals surface area (Å²) >= 11 is 0. The Labute approximate surface area is 213 Å². The third kappa shape index (κ3) is 3.73. The fourth-order valence-electron chi connectivity index (χ4n) is 4.83. The minimum Gasteiger partial charge on any atom is -0.480 e. The Hall–Kier alpha value is -4.55. The molecule has 13 heteroatoms. The first kappa shape index (κ1) is 22.6. The summed E-state index contributed by atoms with van der Waals surface area (Å²) in [5, 5.41) is 7.99. The zero-order chi connectivity index (χ0) is 26.0. The van der Waals surface area contributed by atoms with Crippen LogP contribution in [0.2, 0.25) is 0 Å². The number of ether oxygens (including phenoxy) is 1. The van der Waals surface area contributed by atoms with Crippen molar-refractivity contribution in [2.45, 2.75) is 38.0 Å². The topological polar surface area (TPSA) is 108 Å². The number of imidazole rings is 2. The molecule has 1 fully saturated rings. The van der Waals surface area contributed by atoms with Crippen LogP contribution in [0.1, 0.15) is 41.3 Å². The number of methoxy groups -OCH3 is 1. The first-order chi connectivity index (χ1) is 18.4. The van der Waals surface area contributed by atoms with E-state index < -0.39 is 11.9 Å². The number of rotatable bonds is 6. The number of benzene rings is 1. The molecule has 1 N–H and O–H groups in total. The highest BCUT2D eigenvalue weighted by molar-refractivity contribution is 5.71. The van der Waals surface area contributed by atoms with Gasteiger partial charge in [-0.15, -0.1) is 5.10 Å². The Bertz CT molecular complexity index is 1700. The van der Waals surface area contributed by atoms with Crippen molar-refractivity contribution in [2.24, 2.45) is 0 Å². The molecule has 7 rings (SSSR count). The second-order valence-corrected chi connectivity index (χ2v) is 9.32. The lowest BCUT2D eigenvalue weighted by atomic mass is 10.1. The van der Waals surface area contributed by atoms with Gasteiger partial charge in [0.15, 0.2) is 23.0 Å². The average Bonchev–Trinajstić information content (AvgIpc) is 3.32. The van der Waals surface area contributed by atoms with E-state index in [1.54, 1.807) is 24.0 Å². The number of halogens is 3. The van der Waals surface area contributed by atoms with E-state index >= 15 is 0 Å². The maximum Gasteiger partial charge on any atom is 0.434 e. The van der Waals surface area contributed by atoms with Gasteiger partial charge in [0, 0.05) is 43.2 Å². The maximum atomic E-state index is 13.1. The molecule has 1 aliphatic carbocycles. The quantitative estimate of drug-likeness (QED) is 0.347. The van der Waals surface area contributed by atoms with Crippen LogP contribution in [0.5, 0.6) is 5.88 Å². The molecule has 1 aliphatic heterocycles. The largest absolute Gasteiger partial charge is 0.480 e. The highest BCUT2D eigenvalue weighted by atomic mass is 19.4. The molecule has 4 aromatic heterocycles. The van der Waals surface area contributed by atoms with Crippen LogP contribution in [0.15, 0.2) is 43.1 Å². The molecular weight excluding hydrogens is 499 g/mol. The van der Waals surface area contributed by atoms with Crippen molar-refractivity contribution in [2.75, 3.05) is 12.4 Å². The van der Waals surface area contributed by atoms with Crippen molar-refractivity contribution in [3.05, 3.63) is 65.6 Å². The summed E-state index contributed by atoms with van der Waals surface area (Å²) in [6.07, 6.45) is 3.56. The van der Waals surface area contributed by atoms with Crippen molar-refractivity contribution >= 4 is 11.5 Å². The van der Waals surface area contributed by atoms with Gasteiger partial charge in [-0.1, -0.05) is 18.2 Å². The molecule has 0 atom stereocenters. The van der Waals surface area contributed by atoms with Gasteiger partial charge in [0.2, 0.25) is 5.88 Å². The van der Waals surface area contributed by atoms with Crippen LogP contribution in [0.4, 0.5) is 19.0 Å². The van der Waals surface area contributed by atoms with Gasteiger partial charge in [-0.05, 0) is 24.0 Å². The number of anilines is 1. The van der Waals surface area contributed by atoms with Crippen molar-refractivity contribution in [3.8, 4) is 28.7 Å². The average molecular weight is 519 g/mol. The predicted octanol–water partition coefficient (Wildman–Crippen LogP) is 4.32. The van der Waals surface area contributed by atoms with E-state index in [1.807, 2.05) is 18.2 Å². The van der Waals surface area contributed by atoms with Gasteiger partial charge in [0.1, 0.15) is 17.7 Å². The fourth-order valence-corrected chi connectivity index (χ4v) is 4.83. The van der Waals surface area contributed by atoms with Crippen LogP contribution >= 0.6 is 0 Å². The Morgan fingerprint density at radius 3 is 2.79 bits per heavy atom. The number of aromatic nitrogens is 8. The van der Waals surface area contributed by atoms with Gasteiger partial charge in [0.25, 0.3) is 0 Å². The summed E-state index contributed by atoms with van der Waals surface area (Å²) in [6.45, 7) is 0.752. The van der Waals surface area contributed by atoms with E-state index in [-0.39, 0.29) is 0 Å². The van der Waals surface area contributed by atoms with Crippen LogP contribution in [-0.2, 0) is 19.3 Å². The zero-order valence-corrected chi connectivity index (χ0v) is 20.1. The Kier molecular flexibility index (Phi) is 4.90. The Morgan fingerprint density at radius 2 is 2.00 bits per heavy atom. The molecule has 0 bridgehead atoms. The highest BCUT2D eigenvalue weighted by Crippen LogP contribution is 2.45. The van der Waals surface area contributed by atoms with Crippen molar-refractivity contribution < 1.29 is 17.9 Å². The normalized spacial score (nSPS) is 14.5. The summed E-state index contributed by atoms with van der Waals surface area (Å²) in [4.78, 5) is 21.7. The van der Waals surface area contributed by atoms with E-state index in [4.69, 9.17) is 9.72 Å². The lowest BCUT2D eigenvalue weighted by molar-refractivity contribution is -0.140. The first-order valence-electron chi connectivity index (χ1n) is 12.0. The fraction of sp³-hybridized carbons (Fsp3) is 0.280. The maximum absolute atomic E-state index is 13.1. The molecule has 2 aliphatic rings. The number of nitrogens with one attached hydrogen (secondary N) is 1. The summed E-state index contributed by atoms with van der Waals surface area (Å²) in [5.74, 6) is 2.02. The van der Waals surface area contributed by atoms with Crippen LogP contribution in [0, 0.1) is 0 Å². The number of hydrogen-bond acceptors (Lipinski definition) is 8. The number of alkyl halides is 3. The van der Waals surface area contributed by atoms with Crippen LogP contribution < -0.4 is 10.1 Å². The minimum absolute atomic E-state index is 0.328. The molecule has 0 radical (unpaired) electrons. The van der Waals surface area contributed by atoms with E-state index in [2.05, 4.69) is 30.4 Å². The Balaban J connectivity index is 1.19. The summed E-state index contributed by atoms with van der Waals surface area (Å²) in [5.41, 5.74) is 3.77. The lowest BCUT2D eigenvalue weighted by Crippen LogP contribution is -2.09. The van der Waals surface area contributed by atoms with Gasteiger partial charge in [-0.3, -0.25) is 0 Å². The van der Waals surface area contributed by atoms with E-state index in [0.29, 0.717) is 59.1 Å².